The van der Waals surface area contributed by atoms with Crippen LogP contribution in [0.1, 0.15) is 12.6 Å². The number of nitrogens with zero attached hydrogens (tertiary/aromatic N) is 1. The minimum absolute atomic E-state index is 0.0452. The molecule has 0 aliphatic heterocycles. The van der Waals surface area contributed by atoms with Crippen LogP contribution >= 0.6 is 11.3 Å². The van der Waals surface area contributed by atoms with Crippen molar-refractivity contribution in [3.8, 4) is 0 Å². The van der Waals surface area contributed by atoms with Gasteiger partial charge >= 0.3 is 0 Å². The second-order valence-corrected chi connectivity index (χ2v) is 3.48. The third-order valence-electron chi connectivity index (χ3n) is 1.40. The Morgan fingerprint density at radius 3 is 3.00 bits per heavy atom. The number of carbonyl (C=O) groups excluding carboxylic acids is 1. The maximum absolute atomic E-state index is 11.2. The number of aromatic nitrogens is 1. The van der Waals surface area contributed by atoms with Gasteiger partial charge in [-0.3, -0.25) is 4.79 Å². The SMILES string of the molecule is CCNCC(=O)Nc1nc(C)cs1. The summed E-state index contributed by atoms with van der Waals surface area (Å²) in [6.07, 6.45) is 0. The van der Waals surface area contributed by atoms with Gasteiger partial charge in [-0.25, -0.2) is 4.98 Å². The second-order valence-electron chi connectivity index (χ2n) is 2.62. The zero-order valence-electron chi connectivity index (χ0n) is 7.76. The van der Waals surface area contributed by atoms with E-state index in [0.29, 0.717) is 11.7 Å². The van der Waals surface area contributed by atoms with Gasteiger partial charge in [-0.15, -0.1) is 11.3 Å². The molecule has 0 unspecified atom stereocenters. The number of amides is 1. The average Bonchev–Trinajstić information content (AvgIpc) is 2.48. The van der Waals surface area contributed by atoms with Crippen LogP contribution in [0.2, 0.25) is 0 Å². The van der Waals surface area contributed by atoms with Gasteiger partial charge in [-0.05, 0) is 13.5 Å². The minimum atomic E-state index is -0.0452. The lowest BCUT2D eigenvalue weighted by Gasteiger charge is -2.00. The van der Waals surface area contributed by atoms with Gasteiger partial charge < -0.3 is 10.6 Å². The lowest BCUT2D eigenvalue weighted by Crippen LogP contribution is -2.27. The maximum atomic E-state index is 11.2. The number of nitrogens with one attached hydrogen (secondary N) is 2. The molecule has 0 aliphatic carbocycles. The topological polar surface area (TPSA) is 54.0 Å². The molecule has 13 heavy (non-hydrogen) atoms. The molecule has 0 saturated carbocycles. The van der Waals surface area contributed by atoms with E-state index in [1.54, 1.807) is 0 Å². The molecule has 0 radical (unpaired) electrons. The molecule has 0 bridgehead atoms. The van der Waals surface area contributed by atoms with Crippen molar-refractivity contribution in [2.75, 3.05) is 18.4 Å². The van der Waals surface area contributed by atoms with E-state index in [1.807, 2.05) is 19.2 Å². The van der Waals surface area contributed by atoms with Crippen molar-refractivity contribution in [1.29, 1.82) is 0 Å². The third-order valence-corrected chi connectivity index (χ3v) is 2.28. The number of hydrogen-bond donors (Lipinski definition) is 2. The molecule has 5 heteroatoms. The fraction of sp³-hybridized carbons (Fsp3) is 0.500. The van der Waals surface area contributed by atoms with E-state index in [0.717, 1.165) is 12.2 Å². The lowest BCUT2D eigenvalue weighted by molar-refractivity contribution is -0.115. The largest absolute Gasteiger partial charge is 0.309 e. The second kappa shape index (κ2) is 4.94. The minimum Gasteiger partial charge on any atom is -0.309 e. The van der Waals surface area contributed by atoms with Crippen molar-refractivity contribution >= 4 is 22.4 Å². The highest BCUT2D eigenvalue weighted by molar-refractivity contribution is 7.13. The van der Waals surface area contributed by atoms with E-state index < -0.39 is 0 Å². The van der Waals surface area contributed by atoms with Crippen LogP contribution in [0.3, 0.4) is 0 Å². The predicted molar refractivity (Wildman–Crippen MR) is 54.0 cm³/mol. The monoisotopic (exact) mass is 199 g/mol. The summed E-state index contributed by atoms with van der Waals surface area (Å²) in [4.78, 5) is 15.3. The first-order valence-electron chi connectivity index (χ1n) is 4.15. The summed E-state index contributed by atoms with van der Waals surface area (Å²) in [6, 6.07) is 0. The first-order valence-corrected chi connectivity index (χ1v) is 5.03. The highest BCUT2D eigenvalue weighted by Crippen LogP contribution is 2.13. The van der Waals surface area contributed by atoms with Gasteiger partial charge in [0.25, 0.3) is 0 Å². The summed E-state index contributed by atoms with van der Waals surface area (Å²) in [5.41, 5.74) is 0.934. The molecule has 0 saturated heterocycles. The van der Waals surface area contributed by atoms with Crippen molar-refractivity contribution in [2.24, 2.45) is 0 Å². The molecule has 4 nitrogen and oxygen atoms in total. The summed E-state index contributed by atoms with van der Waals surface area (Å²) in [7, 11) is 0. The normalized spacial score (nSPS) is 10.0. The van der Waals surface area contributed by atoms with Gasteiger partial charge in [0.15, 0.2) is 5.13 Å². The number of carbonyl (C=O) groups is 1. The molecule has 1 rings (SSSR count). The van der Waals surface area contributed by atoms with E-state index >= 15 is 0 Å². The van der Waals surface area contributed by atoms with Crippen molar-refractivity contribution in [2.45, 2.75) is 13.8 Å². The van der Waals surface area contributed by atoms with E-state index in [-0.39, 0.29) is 5.91 Å². The summed E-state index contributed by atoms with van der Waals surface area (Å²) in [5, 5.41) is 8.22. The van der Waals surface area contributed by atoms with E-state index in [4.69, 9.17) is 0 Å². The van der Waals surface area contributed by atoms with Gasteiger partial charge in [0, 0.05) is 5.38 Å². The molecule has 0 aliphatic rings. The fourth-order valence-electron chi connectivity index (χ4n) is 0.813. The Morgan fingerprint density at radius 2 is 2.46 bits per heavy atom. The van der Waals surface area contributed by atoms with E-state index in [2.05, 4.69) is 15.6 Å². The van der Waals surface area contributed by atoms with E-state index in [1.165, 1.54) is 11.3 Å². The zero-order valence-corrected chi connectivity index (χ0v) is 8.57. The zero-order chi connectivity index (χ0) is 9.68. The van der Waals surface area contributed by atoms with Crippen LogP contribution in [0, 0.1) is 6.92 Å². The van der Waals surface area contributed by atoms with Gasteiger partial charge in [-0.2, -0.15) is 0 Å². The van der Waals surface area contributed by atoms with Crippen molar-refractivity contribution in [3.63, 3.8) is 0 Å². The highest BCUT2D eigenvalue weighted by atomic mass is 32.1. The van der Waals surface area contributed by atoms with Crippen LogP contribution in [-0.2, 0) is 4.79 Å². The molecule has 2 N–H and O–H groups in total. The number of hydrogen-bond acceptors (Lipinski definition) is 4. The summed E-state index contributed by atoms with van der Waals surface area (Å²) in [5.74, 6) is -0.0452. The third kappa shape index (κ3) is 3.52. The van der Waals surface area contributed by atoms with E-state index in [9.17, 15) is 4.79 Å². The number of aryl methyl sites for hydroxylation is 1. The molecule has 1 aromatic heterocycles. The Morgan fingerprint density at radius 1 is 1.69 bits per heavy atom. The van der Waals surface area contributed by atoms with Gasteiger partial charge in [0.1, 0.15) is 0 Å². The van der Waals surface area contributed by atoms with Crippen LogP contribution < -0.4 is 10.6 Å². The van der Waals surface area contributed by atoms with Crippen LogP contribution in [0.4, 0.5) is 5.13 Å². The van der Waals surface area contributed by atoms with Gasteiger partial charge in [0.05, 0.1) is 12.2 Å². The Kier molecular flexibility index (Phi) is 3.85. The van der Waals surface area contributed by atoms with Crippen molar-refractivity contribution < 1.29 is 4.79 Å². The number of anilines is 1. The number of rotatable bonds is 4. The molecular formula is C8H13N3OS. The molecule has 0 fully saturated rings. The Hall–Kier alpha value is -0.940. The molecule has 0 aromatic carbocycles. The standard InChI is InChI=1S/C8H13N3OS/c1-3-9-4-7(12)11-8-10-6(2)5-13-8/h5,9H,3-4H2,1-2H3,(H,10,11,12). The quantitative estimate of drug-likeness (QED) is 0.760. The first-order chi connectivity index (χ1) is 6.22. The summed E-state index contributed by atoms with van der Waals surface area (Å²) >= 11 is 1.44. The highest BCUT2D eigenvalue weighted by Gasteiger charge is 2.03. The van der Waals surface area contributed by atoms with Crippen LogP contribution in [0.5, 0.6) is 0 Å². The summed E-state index contributed by atoms with van der Waals surface area (Å²) in [6.45, 7) is 5.00. The molecule has 1 amide bonds. The molecule has 72 valence electrons. The maximum Gasteiger partial charge on any atom is 0.240 e. The van der Waals surface area contributed by atoms with Crippen LogP contribution in [0.25, 0.3) is 0 Å². The Balaban J connectivity index is 2.36. The smallest absolute Gasteiger partial charge is 0.240 e. The van der Waals surface area contributed by atoms with Crippen molar-refractivity contribution in [3.05, 3.63) is 11.1 Å². The molecule has 0 spiro atoms. The first kappa shape index (κ1) is 10.1. The molecular weight excluding hydrogens is 186 g/mol. The fourth-order valence-corrected chi connectivity index (χ4v) is 1.52. The summed E-state index contributed by atoms with van der Waals surface area (Å²) < 4.78 is 0. The molecule has 0 atom stereocenters. The number of likely N-dealkylation sites (N-methyl/N-ethyl adjacent to an activating group) is 1. The van der Waals surface area contributed by atoms with Crippen LogP contribution in [0.15, 0.2) is 5.38 Å². The van der Waals surface area contributed by atoms with Crippen molar-refractivity contribution in [1.82, 2.24) is 10.3 Å². The van der Waals surface area contributed by atoms with Gasteiger partial charge in [0.2, 0.25) is 5.91 Å². The lowest BCUT2D eigenvalue weighted by atomic mass is 10.5. The Labute approximate surface area is 81.4 Å². The number of thiazole rings is 1. The predicted octanol–water partition coefficient (Wildman–Crippen LogP) is 1.000. The Bertz CT molecular complexity index is 285. The molecule has 1 aromatic rings. The average molecular weight is 199 g/mol. The molecule has 1 heterocycles. The van der Waals surface area contributed by atoms with Crippen LogP contribution in [-0.4, -0.2) is 24.0 Å². The van der Waals surface area contributed by atoms with Gasteiger partial charge in [-0.1, -0.05) is 6.92 Å².